The zero-order valence-corrected chi connectivity index (χ0v) is 16.5. The van der Waals surface area contributed by atoms with E-state index in [4.69, 9.17) is 9.47 Å². The van der Waals surface area contributed by atoms with Crippen LogP contribution in [-0.2, 0) is 31.1 Å². The van der Waals surface area contributed by atoms with Crippen molar-refractivity contribution in [3.8, 4) is 5.75 Å². The first-order valence-electron chi connectivity index (χ1n) is 9.91. The van der Waals surface area contributed by atoms with Gasteiger partial charge in [-0.05, 0) is 54.4 Å². The van der Waals surface area contributed by atoms with E-state index < -0.39 is 29.1 Å². The topological polar surface area (TPSA) is 89.9 Å². The van der Waals surface area contributed by atoms with Gasteiger partial charge in [-0.2, -0.15) is 0 Å². The predicted octanol–water partition coefficient (Wildman–Crippen LogP) is 2.68. The molecule has 0 saturated heterocycles. The van der Waals surface area contributed by atoms with Crippen LogP contribution in [0.2, 0.25) is 0 Å². The maximum Gasteiger partial charge on any atom is 0.308 e. The molecule has 1 aromatic carbocycles. The molecular weight excluding hydrogens is 360 g/mol. The zero-order valence-electron chi connectivity index (χ0n) is 16.5. The first-order chi connectivity index (χ1) is 13.2. The lowest BCUT2D eigenvalue weighted by molar-refractivity contribution is -0.214. The van der Waals surface area contributed by atoms with Crippen molar-refractivity contribution < 1.29 is 29.0 Å². The van der Waals surface area contributed by atoms with E-state index in [1.165, 1.54) is 13.8 Å². The Morgan fingerprint density at radius 1 is 1.11 bits per heavy atom. The number of rotatable bonds is 2. The van der Waals surface area contributed by atoms with E-state index in [9.17, 15) is 19.5 Å². The number of ketones is 1. The van der Waals surface area contributed by atoms with Crippen LogP contribution in [0, 0.1) is 17.3 Å². The summed E-state index contributed by atoms with van der Waals surface area (Å²) in [5.41, 5.74) is -0.301. The lowest BCUT2D eigenvalue weighted by Crippen LogP contribution is -2.60. The van der Waals surface area contributed by atoms with E-state index in [1.807, 2.05) is 6.92 Å². The van der Waals surface area contributed by atoms with E-state index in [2.05, 4.69) is 0 Å². The van der Waals surface area contributed by atoms with E-state index >= 15 is 0 Å². The highest BCUT2D eigenvalue weighted by Crippen LogP contribution is 2.62. The SMILES string of the molecule is CC(=O)Oc1ccc2c(c1)CC[C@@H]1[C@H]3CCC(=O)[C@@]3(C)C[C@@H](OC(C)=O)[C@]21O. The number of fused-ring (bicyclic) bond motifs is 5. The summed E-state index contributed by atoms with van der Waals surface area (Å²) in [6.45, 7) is 4.64. The predicted molar refractivity (Wildman–Crippen MR) is 99.5 cm³/mol. The van der Waals surface area contributed by atoms with Crippen LogP contribution in [0.1, 0.15) is 57.6 Å². The standard InChI is InChI=1S/C22H26O6/c1-12(23)27-15-5-7-16-14(10-15)4-6-18-17-8-9-19(25)21(17,3)11-20(22(16,18)26)28-13(2)24/h5,7,10,17-18,20,26H,4,6,8-9,11H2,1-3H3/t17-,18-,20-,21+,22+/m1/s1. The summed E-state index contributed by atoms with van der Waals surface area (Å²) in [6, 6.07) is 5.22. The average Bonchev–Trinajstić information content (AvgIpc) is 2.89. The minimum Gasteiger partial charge on any atom is -0.459 e. The largest absolute Gasteiger partial charge is 0.459 e. The molecule has 0 heterocycles. The van der Waals surface area contributed by atoms with Crippen molar-refractivity contribution in [1.29, 1.82) is 0 Å². The fraction of sp³-hybridized carbons (Fsp3) is 0.591. The van der Waals surface area contributed by atoms with Crippen molar-refractivity contribution in [2.45, 2.75) is 64.6 Å². The average molecular weight is 386 g/mol. The van der Waals surface area contributed by atoms with Gasteiger partial charge in [0, 0.05) is 32.1 Å². The van der Waals surface area contributed by atoms with Crippen LogP contribution >= 0.6 is 0 Å². The molecule has 1 N–H and O–H groups in total. The molecule has 28 heavy (non-hydrogen) atoms. The molecule has 2 saturated carbocycles. The van der Waals surface area contributed by atoms with Crippen molar-refractivity contribution in [3.63, 3.8) is 0 Å². The van der Waals surface area contributed by atoms with Crippen LogP contribution in [0.5, 0.6) is 5.75 Å². The quantitative estimate of drug-likeness (QED) is 0.621. The molecule has 6 heteroatoms. The molecule has 0 radical (unpaired) electrons. The van der Waals surface area contributed by atoms with Gasteiger partial charge in [0.15, 0.2) is 0 Å². The van der Waals surface area contributed by atoms with Crippen LogP contribution in [0.3, 0.4) is 0 Å². The lowest BCUT2D eigenvalue weighted by Gasteiger charge is -2.56. The molecule has 2 fully saturated rings. The number of benzene rings is 1. The first-order valence-corrected chi connectivity index (χ1v) is 9.91. The van der Waals surface area contributed by atoms with Crippen molar-refractivity contribution in [2.24, 2.45) is 17.3 Å². The van der Waals surface area contributed by atoms with E-state index in [0.717, 1.165) is 12.0 Å². The van der Waals surface area contributed by atoms with Crippen LogP contribution in [-0.4, -0.2) is 28.9 Å². The van der Waals surface area contributed by atoms with Gasteiger partial charge in [-0.25, -0.2) is 0 Å². The van der Waals surface area contributed by atoms with Crippen molar-refractivity contribution in [1.82, 2.24) is 0 Å². The van der Waals surface area contributed by atoms with Gasteiger partial charge < -0.3 is 14.6 Å². The van der Waals surface area contributed by atoms with Gasteiger partial charge in [0.05, 0.1) is 0 Å². The summed E-state index contributed by atoms with van der Waals surface area (Å²) in [5, 5.41) is 12.0. The second-order valence-electron chi connectivity index (χ2n) is 8.67. The normalized spacial score (nSPS) is 36.1. The molecule has 6 nitrogen and oxygen atoms in total. The Morgan fingerprint density at radius 3 is 2.50 bits per heavy atom. The monoisotopic (exact) mass is 386 g/mol. The van der Waals surface area contributed by atoms with Crippen molar-refractivity contribution in [3.05, 3.63) is 29.3 Å². The van der Waals surface area contributed by atoms with Gasteiger partial charge in [0.1, 0.15) is 23.2 Å². The molecule has 0 unspecified atom stereocenters. The number of carbonyl (C=O) groups excluding carboxylic acids is 3. The van der Waals surface area contributed by atoms with Gasteiger partial charge in [-0.3, -0.25) is 14.4 Å². The summed E-state index contributed by atoms with van der Waals surface area (Å²) in [5.74, 6) is -0.315. The number of carbonyl (C=O) groups is 3. The highest BCUT2D eigenvalue weighted by molar-refractivity contribution is 5.87. The fourth-order valence-corrected chi connectivity index (χ4v) is 5.93. The van der Waals surface area contributed by atoms with Gasteiger partial charge in [0.2, 0.25) is 0 Å². The van der Waals surface area contributed by atoms with Crippen LogP contribution in [0.15, 0.2) is 18.2 Å². The van der Waals surface area contributed by atoms with Crippen LogP contribution in [0.25, 0.3) is 0 Å². The number of esters is 2. The number of aryl methyl sites for hydroxylation is 1. The Balaban J connectivity index is 1.81. The molecule has 0 aromatic heterocycles. The molecule has 5 atom stereocenters. The summed E-state index contributed by atoms with van der Waals surface area (Å²) in [7, 11) is 0. The number of hydrogen-bond donors (Lipinski definition) is 1. The molecule has 0 bridgehead atoms. The van der Waals surface area contributed by atoms with Crippen LogP contribution in [0.4, 0.5) is 0 Å². The van der Waals surface area contributed by atoms with Gasteiger partial charge >= 0.3 is 11.9 Å². The number of aliphatic hydroxyl groups is 1. The first kappa shape index (κ1) is 19.1. The second kappa shape index (κ2) is 6.41. The Kier molecular flexibility index (Phi) is 4.38. The molecular formula is C22H26O6. The van der Waals surface area contributed by atoms with Crippen LogP contribution < -0.4 is 4.74 Å². The molecule has 0 spiro atoms. The molecule has 0 amide bonds. The minimum absolute atomic E-state index is 0.0677. The highest BCUT2D eigenvalue weighted by Gasteiger charge is 2.65. The molecule has 3 aliphatic carbocycles. The number of hydrogen-bond acceptors (Lipinski definition) is 6. The third-order valence-electron chi connectivity index (χ3n) is 7.09. The summed E-state index contributed by atoms with van der Waals surface area (Å²) in [6.07, 6.45) is 2.23. The summed E-state index contributed by atoms with van der Waals surface area (Å²) in [4.78, 5) is 35.8. The van der Waals surface area contributed by atoms with E-state index in [-0.39, 0.29) is 17.6 Å². The van der Waals surface area contributed by atoms with Gasteiger partial charge in [-0.15, -0.1) is 0 Å². The molecule has 4 rings (SSSR count). The smallest absolute Gasteiger partial charge is 0.308 e. The maximum absolute atomic E-state index is 12.7. The van der Waals surface area contributed by atoms with E-state index in [0.29, 0.717) is 37.0 Å². The van der Waals surface area contributed by atoms with E-state index in [1.54, 1.807) is 18.2 Å². The zero-order chi connectivity index (χ0) is 20.3. The number of ether oxygens (including phenoxy) is 2. The lowest BCUT2D eigenvalue weighted by atomic mass is 9.52. The summed E-state index contributed by atoms with van der Waals surface area (Å²) >= 11 is 0. The summed E-state index contributed by atoms with van der Waals surface area (Å²) < 4.78 is 10.8. The third kappa shape index (κ3) is 2.69. The molecule has 150 valence electrons. The third-order valence-corrected chi connectivity index (χ3v) is 7.09. The Bertz CT molecular complexity index is 861. The number of Topliss-reactive ketones (excluding diaryl/α,β-unsaturated/α-hetero) is 1. The van der Waals surface area contributed by atoms with Crippen molar-refractivity contribution >= 4 is 17.7 Å². The van der Waals surface area contributed by atoms with Gasteiger partial charge in [-0.1, -0.05) is 13.0 Å². The molecule has 0 aliphatic heterocycles. The Morgan fingerprint density at radius 2 is 1.82 bits per heavy atom. The van der Waals surface area contributed by atoms with Crippen molar-refractivity contribution in [2.75, 3.05) is 0 Å². The maximum atomic E-state index is 12.7. The highest BCUT2D eigenvalue weighted by atomic mass is 16.6. The minimum atomic E-state index is -1.34. The fourth-order valence-electron chi connectivity index (χ4n) is 5.93. The molecule has 3 aliphatic rings. The van der Waals surface area contributed by atoms with Gasteiger partial charge in [0.25, 0.3) is 0 Å². The Hall–Kier alpha value is -2.21. The second-order valence-corrected chi connectivity index (χ2v) is 8.67. The molecule has 1 aromatic rings. The Labute approximate surface area is 164 Å².